The molecule has 4 aromatic rings. The van der Waals surface area contributed by atoms with E-state index in [1.807, 2.05) is 72.8 Å². The maximum atomic E-state index is 13.2. The molecule has 0 saturated heterocycles. The van der Waals surface area contributed by atoms with Gasteiger partial charge in [-0.2, -0.15) is 0 Å². The van der Waals surface area contributed by atoms with Crippen LogP contribution in [0.1, 0.15) is 34.8 Å². The molecule has 0 heterocycles. The molecule has 1 amide bonds. The lowest BCUT2D eigenvalue weighted by Crippen LogP contribution is -2.33. The molecular formula is C37H38N2O6. The fourth-order valence-corrected chi connectivity index (χ4v) is 4.88. The van der Waals surface area contributed by atoms with Gasteiger partial charge in [0.15, 0.2) is 5.78 Å². The number of ketones is 1. The molecule has 4 aromatic carbocycles. The van der Waals surface area contributed by atoms with Crippen LogP contribution >= 0.6 is 0 Å². The van der Waals surface area contributed by atoms with E-state index in [-0.39, 0.29) is 11.7 Å². The number of esters is 1. The number of rotatable bonds is 15. The average Bonchev–Trinajstić information content (AvgIpc) is 3.08. The van der Waals surface area contributed by atoms with Crippen LogP contribution in [0.3, 0.4) is 0 Å². The smallest absolute Gasteiger partial charge is 0.328 e. The zero-order valence-electron chi connectivity index (χ0n) is 25.8. The van der Waals surface area contributed by atoms with Gasteiger partial charge >= 0.3 is 5.97 Å². The normalized spacial score (nSPS) is 11.4. The molecule has 4 rings (SSSR count). The van der Waals surface area contributed by atoms with Crippen molar-refractivity contribution in [2.75, 3.05) is 37.6 Å². The number of nitrogens with zero attached hydrogens (tertiary/aromatic N) is 1. The SMILES string of the molecule is C/C=C/C(=O)N(CCCOc1ccc(C[C@H](Nc2ccccc2C(=O)c2ccccc2)C(=O)OC)cc1)c1ccccc1OC. The Labute approximate surface area is 264 Å². The molecule has 0 aliphatic heterocycles. The van der Waals surface area contributed by atoms with Gasteiger partial charge in [0.2, 0.25) is 0 Å². The van der Waals surface area contributed by atoms with Crippen molar-refractivity contribution in [1.29, 1.82) is 0 Å². The fraction of sp³-hybridized carbons (Fsp3) is 0.216. The molecule has 0 spiro atoms. The summed E-state index contributed by atoms with van der Waals surface area (Å²) < 4.78 is 16.5. The van der Waals surface area contributed by atoms with E-state index >= 15 is 0 Å². The molecule has 0 unspecified atom stereocenters. The molecule has 45 heavy (non-hydrogen) atoms. The van der Waals surface area contributed by atoms with E-state index in [0.29, 0.717) is 60.0 Å². The van der Waals surface area contributed by atoms with Crippen molar-refractivity contribution in [3.8, 4) is 11.5 Å². The fourth-order valence-electron chi connectivity index (χ4n) is 4.88. The van der Waals surface area contributed by atoms with Crippen molar-refractivity contribution in [2.24, 2.45) is 0 Å². The Bertz CT molecular complexity index is 1600. The molecule has 0 aliphatic carbocycles. The standard InChI is InChI=1S/C37H38N2O6/c1-4-13-35(40)39(33-18-10-11-19-34(33)43-2)24-12-25-45-29-22-20-27(21-23-29)26-32(37(42)44-3)38-31-17-9-8-16-30(31)36(41)28-14-6-5-7-15-28/h4-11,13-23,32,38H,12,24-26H2,1-3H3/b13-4+/t32-/m0/s1. The summed E-state index contributed by atoms with van der Waals surface area (Å²) in [5.41, 5.74) is 3.17. The summed E-state index contributed by atoms with van der Waals surface area (Å²) >= 11 is 0. The summed E-state index contributed by atoms with van der Waals surface area (Å²) in [5.74, 6) is 0.583. The van der Waals surface area contributed by atoms with Crippen LogP contribution in [-0.2, 0) is 20.7 Å². The number of allylic oxidation sites excluding steroid dienone is 1. The van der Waals surface area contributed by atoms with E-state index in [0.717, 1.165) is 5.56 Å². The maximum Gasteiger partial charge on any atom is 0.328 e. The quantitative estimate of drug-likeness (QED) is 0.0715. The van der Waals surface area contributed by atoms with Crippen LogP contribution in [0.15, 0.2) is 115 Å². The van der Waals surface area contributed by atoms with E-state index in [1.54, 1.807) is 55.3 Å². The summed E-state index contributed by atoms with van der Waals surface area (Å²) in [6.07, 6.45) is 4.18. The Balaban J connectivity index is 1.38. The number of hydrogen-bond donors (Lipinski definition) is 1. The van der Waals surface area contributed by atoms with E-state index in [9.17, 15) is 14.4 Å². The number of amides is 1. The zero-order valence-corrected chi connectivity index (χ0v) is 25.8. The lowest BCUT2D eigenvalue weighted by molar-refractivity contribution is -0.141. The first-order valence-electron chi connectivity index (χ1n) is 14.8. The van der Waals surface area contributed by atoms with Gasteiger partial charge in [-0.1, -0.05) is 72.8 Å². The highest BCUT2D eigenvalue weighted by molar-refractivity contribution is 6.12. The summed E-state index contributed by atoms with van der Waals surface area (Å²) in [5, 5.41) is 3.23. The van der Waals surface area contributed by atoms with E-state index in [2.05, 4.69) is 5.32 Å². The molecular weight excluding hydrogens is 568 g/mol. The number of ether oxygens (including phenoxy) is 3. The Morgan fingerprint density at radius 3 is 2.24 bits per heavy atom. The van der Waals surface area contributed by atoms with Crippen LogP contribution in [0.4, 0.5) is 11.4 Å². The van der Waals surface area contributed by atoms with Crippen molar-refractivity contribution < 1.29 is 28.6 Å². The van der Waals surface area contributed by atoms with Gasteiger partial charge in [-0.05, 0) is 61.4 Å². The van der Waals surface area contributed by atoms with Gasteiger partial charge in [-0.15, -0.1) is 0 Å². The number of carbonyl (C=O) groups is 3. The van der Waals surface area contributed by atoms with E-state index in [1.165, 1.54) is 13.2 Å². The summed E-state index contributed by atoms with van der Waals surface area (Å²) in [7, 11) is 2.93. The first-order valence-corrected chi connectivity index (χ1v) is 14.8. The number of carbonyl (C=O) groups excluding carboxylic acids is 3. The maximum absolute atomic E-state index is 13.2. The summed E-state index contributed by atoms with van der Waals surface area (Å²) in [6, 6.07) is 30.3. The van der Waals surface area contributed by atoms with Crippen LogP contribution in [0.2, 0.25) is 0 Å². The third-order valence-corrected chi connectivity index (χ3v) is 7.13. The molecule has 0 aromatic heterocycles. The Hall–Kier alpha value is -5.37. The van der Waals surface area contributed by atoms with Crippen molar-refractivity contribution in [3.05, 3.63) is 132 Å². The molecule has 0 radical (unpaired) electrons. The summed E-state index contributed by atoms with van der Waals surface area (Å²) in [6.45, 7) is 2.65. The van der Waals surface area contributed by atoms with Gasteiger partial charge in [0.1, 0.15) is 17.5 Å². The van der Waals surface area contributed by atoms with Crippen molar-refractivity contribution in [1.82, 2.24) is 0 Å². The van der Waals surface area contributed by atoms with Crippen molar-refractivity contribution in [3.63, 3.8) is 0 Å². The lowest BCUT2D eigenvalue weighted by atomic mass is 10.00. The van der Waals surface area contributed by atoms with Crippen molar-refractivity contribution >= 4 is 29.0 Å². The topological polar surface area (TPSA) is 94.2 Å². The number of para-hydroxylation sites is 3. The predicted octanol–water partition coefficient (Wildman–Crippen LogP) is 6.50. The van der Waals surface area contributed by atoms with Crippen molar-refractivity contribution in [2.45, 2.75) is 25.8 Å². The molecule has 0 saturated carbocycles. The van der Waals surface area contributed by atoms with Crippen LogP contribution < -0.4 is 19.7 Å². The Kier molecular flexibility index (Phi) is 11.9. The molecule has 8 nitrogen and oxygen atoms in total. The highest BCUT2D eigenvalue weighted by Gasteiger charge is 2.23. The lowest BCUT2D eigenvalue weighted by Gasteiger charge is -2.23. The van der Waals surface area contributed by atoms with Gasteiger partial charge in [0.25, 0.3) is 5.91 Å². The number of methoxy groups -OCH3 is 2. The first-order chi connectivity index (χ1) is 21.9. The first kappa shape index (κ1) is 32.5. The number of hydrogen-bond acceptors (Lipinski definition) is 7. The minimum atomic E-state index is -0.720. The number of anilines is 2. The average molecular weight is 607 g/mol. The largest absolute Gasteiger partial charge is 0.495 e. The van der Waals surface area contributed by atoms with E-state index < -0.39 is 12.0 Å². The van der Waals surface area contributed by atoms with Gasteiger partial charge < -0.3 is 24.4 Å². The second-order valence-corrected chi connectivity index (χ2v) is 10.2. The van der Waals surface area contributed by atoms with Gasteiger partial charge in [0.05, 0.1) is 26.5 Å². The highest BCUT2D eigenvalue weighted by Crippen LogP contribution is 2.28. The number of nitrogens with one attached hydrogen (secondary N) is 1. The van der Waals surface area contributed by atoms with Crippen LogP contribution in [0.25, 0.3) is 0 Å². The second-order valence-electron chi connectivity index (χ2n) is 10.2. The minimum absolute atomic E-state index is 0.132. The monoisotopic (exact) mass is 606 g/mol. The minimum Gasteiger partial charge on any atom is -0.495 e. The molecule has 1 N–H and O–H groups in total. The third-order valence-electron chi connectivity index (χ3n) is 7.13. The molecule has 1 atom stereocenters. The van der Waals surface area contributed by atoms with Crippen LogP contribution in [0, 0.1) is 0 Å². The molecule has 232 valence electrons. The predicted molar refractivity (Wildman–Crippen MR) is 176 cm³/mol. The Morgan fingerprint density at radius 1 is 0.844 bits per heavy atom. The van der Waals surface area contributed by atoms with Gasteiger partial charge in [-0.25, -0.2) is 4.79 Å². The van der Waals surface area contributed by atoms with Gasteiger partial charge in [-0.3, -0.25) is 9.59 Å². The molecule has 0 aliphatic rings. The highest BCUT2D eigenvalue weighted by atomic mass is 16.5. The van der Waals surface area contributed by atoms with Crippen LogP contribution in [0.5, 0.6) is 11.5 Å². The van der Waals surface area contributed by atoms with Crippen LogP contribution in [-0.4, -0.2) is 51.1 Å². The Morgan fingerprint density at radius 2 is 1.53 bits per heavy atom. The third kappa shape index (κ3) is 8.83. The molecule has 8 heteroatoms. The second kappa shape index (κ2) is 16.5. The number of benzene rings is 4. The molecule has 0 bridgehead atoms. The van der Waals surface area contributed by atoms with Gasteiger partial charge in [0, 0.05) is 29.8 Å². The zero-order chi connectivity index (χ0) is 32.0. The summed E-state index contributed by atoms with van der Waals surface area (Å²) in [4.78, 5) is 40.4. The van der Waals surface area contributed by atoms with E-state index in [4.69, 9.17) is 14.2 Å². The molecule has 0 fully saturated rings.